The van der Waals surface area contributed by atoms with Gasteiger partial charge in [-0.2, -0.15) is 0 Å². The second kappa shape index (κ2) is 7.37. The van der Waals surface area contributed by atoms with E-state index in [1.54, 1.807) is 7.11 Å². The van der Waals surface area contributed by atoms with Gasteiger partial charge in [-0.1, -0.05) is 19.9 Å². The quantitative estimate of drug-likeness (QED) is 0.749. The Morgan fingerprint density at radius 1 is 1.33 bits per heavy atom. The summed E-state index contributed by atoms with van der Waals surface area (Å²) in [4.78, 5) is 0. The molecule has 102 valence electrons. The summed E-state index contributed by atoms with van der Waals surface area (Å²) in [6.45, 7) is 5.16. The third kappa shape index (κ3) is 3.87. The molecule has 0 saturated heterocycles. The number of hydrogen-bond acceptors (Lipinski definition) is 2. The van der Waals surface area contributed by atoms with Crippen molar-refractivity contribution in [1.29, 1.82) is 0 Å². The molecule has 0 aromatic heterocycles. The highest BCUT2D eigenvalue weighted by molar-refractivity contribution is 9.10. The van der Waals surface area contributed by atoms with Gasteiger partial charge in [-0.25, -0.2) is 0 Å². The predicted molar refractivity (Wildman–Crippen MR) is 81.6 cm³/mol. The molecule has 1 rings (SSSR count). The zero-order valence-electron chi connectivity index (χ0n) is 11.2. The van der Waals surface area contributed by atoms with E-state index in [-0.39, 0.29) is 5.54 Å². The maximum atomic E-state index is 6.08. The van der Waals surface area contributed by atoms with Gasteiger partial charge in [-0.15, -0.1) is 11.6 Å². The Hall–Kier alpha value is -0.250. The first-order chi connectivity index (χ1) is 8.60. The molecule has 1 aromatic carbocycles. The zero-order chi connectivity index (χ0) is 13.6. The molecule has 1 aromatic rings. The molecule has 0 atom stereocenters. The number of halogens is 2. The summed E-state index contributed by atoms with van der Waals surface area (Å²) in [5.74, 6) is 1.49. The molecular weight excluding hydrogens is 314 g/mol. The van der Waals surface area contributed by atoms with Crippen molar-refractivity contribution in [2.75, 3.05) is 13.0 Å². The molecule has 0 bridgehead atoms. The van der Waals surface area contributed by atoms with E-state index >= 15 is 0 Å². The number of hydrogen-bond donors (Lipinski definition) is 1. The summed E-state index contributed by atoms with van der Waals surface area (Å²) >= 11 is 9.58. The molecule has 1 N–H and O–H groups in total. The van der Waals surface area contributed by atoms with E-state index in [1.165, 1.54) is 5.56 Å². The van der Waals surface area contributed by atoms with Crippen LogP contribution >= 0.6 is 27.5 Å². The smallest absolute Gasteiger partial charge is 0.133 e. The number of alkyl halides is 1. The van der Waals surface area contributed by atoms with Gasteiger partial charge in [-0.3, -0.25) is 0 Å². The van der Waals surface area contributed by atoms with Crippen molar-refractivity contribution in [2.45, 2.75) is 38.8 Å². The molecule has 0 heterocycles. The molecule has 0 spiro atoms. The first kappa shape index (κ1) is 15.8. The van der Waals surface area contributed by atoms with Crippen molar-refractivity contribution in [3.8, 4) is 5.75 Å². The maximum Gasteiger partial charge on any atom is 0.133 e. The van der Waals surface area contributed by atoms with Crippen LogP contribution < -0.4 is 10.1 Å². The SMILES string of the molecule is CCC(CC)(CCl)NCc1ccc(OC)c(Br)c1. The zero-order valence-corrected chi connectivity index (χ0v) is 13.6. The molecule has 2 nitrogen and oxygen atoms in total. The summed E-state index contributed by atoms with van der Waals surface area (Å²) in [6.07, 6.45) is 2.06. The Morgan fingerprint density at radius 3 is 2.44 bits per heavy atom. The minimum Gasteiger partial charge on any atom is -0.496 e. The highest BCUT2D eigenvalue weighted by Gasteiger charge is 2.23. The van der Waals surface area contributed by atoms with Crippen LogP contribution in [-0.4, -0.2) is 18.5 Å². The Morgan fingerprint density at radius 2 is 2.00 bits per heavy atom. The van der Waals surface area contributed by atoms with Gasteiger partial charge in [-0.05, 0) is 46.5 Å². The lowest BCUT2D eigenvalue weighted by atomic mass is 9.95. The Kier molecular flexibility index (Phi) is 6.47. The topological polar surface area (TPSA) is 21.3 Å². The van der Waals surface area contributed by atoms with E-state index in [1.807, 2.05) is 6.07 Å². The summed E-state index contributed by atoms with van der Waals surface area (Å²) in [5.41, 5.74) is 1.26. The van der Waals surface area contributed by atoms with Crippen LogP contribution in [0.15, 0.2) is 22.7 Å². The first-order valence-corrected chi connectivity index (χ1v) is 7.57. The van der Waals surface area contributed by atoms with Crippen molar-refractivity contribution >= 4 is 27.5 Å². The first-order valence-electron chi connectivity index (χ1n) is 6.24. The Labute approximate surface area is 123 Å². The lowest BCUT2D eigenvalue weighted by Crippen LogP contribution is -2.45. The molecule has 0 radical (unpaired) electrons. The van der Waals surface area contributed by atoms with Crippen molar-refractivity contribution in [3.05, 3.63) is 28.2 Å². The molecule has 0 aliphatic rings. The average Bonchev–Trinajstić information content (AvgIpc) is 2.41. The van der Waals surface area contributed by atoms with Crippen LogP contribution in [0.5, 0.6) is 5.75 Å². The van der Waals surface area contributed by atoms with Gasteiger partial charge < -0.3 is 10.1 Å². The van der Waals surface area contributed by atoms with Crippen LogP contribution in [0.1, 0.15) is 32.3 Å². The number of methoxy groups -OCH3 is 1. The molecule has 0 unspecified atom stereocenters. The van der Waals surface area contributed by atoms with Crippen molar-refractivity contribution in [3.63, 3.8) is 0 Å². The summed E-state index contributed by atoms with van der Waals surface area (Å²) < 4.78 is 6.20. The molecule has 0 amide bonds. The van der Waals surface area contributed by atoms with Gasteiger partial charge in [0.1, 0.15) is 5.75 Å². The number of rotatable bonds is 7. The number of benzene rings is 1. The molecule has 0 aliphatic carbocycles. The summed E-state index contributed by atoms with van der Waals surface area (Å²) in [5, 5.41) is 3.57. The number of ether oxygens (including phenoxy) is 1. The maximum absolute atomic E-state index is 6.08. The molecule has 4 heteroatoms. The second-order valence-corrected chi connectivity index (χ2v) is 5.57. The molecular formula is C14H21BrClNO. The average molecular weight is 335 g/mol. The van der Waals surface area contributed by atoms with Crippen molar-refractivity contribution < 1.29 is 4.74 Å². The highest BCUT2D eigenvalue weighted by atomic mass is 79.9. The lowest BCUT2D eigenvalue weighted by molar-refractivity contribution is 0.334. The van der Waals surface area contributed by atoms with E-state index in [2.05, 4.69) is 47.2 Å². The molecule has 0 fully saturated rings. The minimum atomic E-state index is 0.0357. The molecule has 0 aliphatic heterocycles. The minimum absolute atomic E-state index is 0.0357. The Balaban J connectivity index is 2.71. The van der Waals surface area contributed by atoms with Crippen molar-refractivity contribution in [1.82, 2.24) is 5.32 Å². The lowest BCUT2D eigenvalue weighted by Gasteiger charge is -2.31. The van der Waals surface area contributed by atoms with E-state index in [4.69, 9.17) is 16.3 Å². The monoisotopic (exact) mass is 333 g/mol. The normalized spacial score (nSPS) is 11.6. The summed E-state index contributed by atoms with van der Waals surface area (Å²) in [6, 6.07) is 6.12. The van der Waals surface area contributed by atoms with Gasteiger partial charge in [0.25, 0.3) is 0 Å². The van der Waals surface area contributed by atoms with Crippen LogP contribution in [0, 0.1) is 0 Å². The predicted octanol–water partition coefficient (Wildman–Crippen LogP) is 4.34. The fourth-order valence-electron chi connectivity index (χ4n) is 1.85. The van der Waals surface area contributed by atoms with E-state index in [0.717, 1.165) is 29.6 Å². The van der Waals surface area contributed by atoms with Gasteiger partial charge in [0.05, 0.1) is 11.6 Å². The van der Waals surface area contributed by atoms with Gasteiger partial charge in [0.2, 0.25) is 0 Å². The van der Waals surface area contributed by atoms with E-state index in [0.29, 0.717) is 5.88 Å². The summed E-state index contributed by atoms with van der Waals surface area (Å²) in [7, 11) is 1.67. The van der Waals surface area contributed by atoms with Crippen molar-refractivity contribution in [2.24, 2.45) is 0 Å². The second-order valence-electron chi connectivity index (χ2n) is 4.44. The van der Waals surface area contributed by atoms with Crippen LogP contribution in [-0.2, 0) is 6.54 Å². The van der Waals surface area contributed by atoms with Gasteiger partial charge in [0, 0.05) is 18.0 Å². The Bertz CT molecular complexity index is 372. The van der Waals surface area contributed by atoms with Gasteiger partial charge in [0.15, 0.2) is 0 Å². The number of nitrogens with one attached hydrogen (secondary N) is 1. The fourth-order valence-corrected chi connectivity index (χ4v) is 2.91. The van der Waals surface area contributed by atoms with E-state index in [9.17, 15) is 0 Å². The van der Waals surface area contributed by atoms with Crippen LogP contribution in [0.2, 0.25) is 0 Å². The van der Waals surface area contributed by atoms with E-state index < -0.39 is 0 Å². The third-order valence-electron chi connectivity index (χ3n) is 3.49. The van der Waals surface area contributed by atoms with Crippen LogP contribution in [0.25, 0.3) is 0 Å². The highest BCUT2D eigenvalue weighted by Crippen LogP contribution is 2.26. The van der Waals surface area contributed by atoms with Crippen LogP contribution in [0.4, 0.5) is 0 Å². The fraction of sp³-hybridized carbons (Fsp3) is 0.571. The standard InChI is InChI=1S/C14H21BrClNO/c1-4-14(5-2,10-16)17-9-11-6-7-13(18-3)12(15)8-11/h6-8,17H,4-5,9-10H2,1-3H3. The molecule has 0 saturated carbocycles. The third-order valence-corrected chi connectivity index (χ3v) is 4.62. The van der Waals surface area contributed by atoms with Gasteiger partial charge >= 0.3 is 0 Å². The largest absolute Gasteiger partial charge is 0.496 e. The molecule has 18 heavy (non-hydrogen) atoms. The van der Waals surface area contributed by atoms with Crippen LogP contribution in [0.3, 0.4) is 0 Å².